The molecule has 0 saturated heterocycles. The Morgan fingerprint density at radius 3 is 1.48 bits per heavy atom. The van der Waals surface area contributed by atoms with E-state index >= 15 is 0 Å². The Hall–Kier alpha value is -2.64. The van der Waals surface area contributed by atoms with Crippen LogP contribution in [0.2, 0.25) is 0 Å². The fourth-order valence-electron chi connectivity index (χ4n) is 2.54. The molecule has 2 amide bonds. The fraction of sp³-hybridized carbons (Fsp3) is 0.300. The van der Waals surface area contributed by atoms with Crippen LogP contribution in [0.15, 0.2) is 60.7 Å². The third-order valence-electron chi connectivity index (χ3n) is 3.70. The zero-order valence-corrected chi connectivity index (χ0v) is 15.6. The quantitative estimate of drug-likeness (QED) is 0.497. The molecule has 0 fully saturated rings. The summed E-state index contributed by atoms with van der Waals surface area (Å²) in [6.07, 6.45) is -0.160. The first-order valence-corrected chi connectivity index (χ1v) is 8.77. The molecule has 0 aliphatic carbocycles. The van der Waals surface area contributed by atoms with Crippen molar-refractivity contribution in [1.82, 2.24) is 10.6 Å². The number of benzene rings is 2. The maximum atomic E-state index is 11.4. The lowest BCUT2D eigenvalue weighted by molar-refractivity contribution is -0.121. The van der Waals surface area contributed by atoms with Crippen LogP contribution < -0.4 is 10.6 Å². The highest BCUT2D eigenvalue weighted by atomic mass is 16.6. The average molecular weight is 367 g/mol. The van der Waals surface area contributed by atoms with Gasteiger partial charge >= 0.3 is 7.69 Å². The second kappa shape index (κ2) is 11.2. The largest absolute Gasteiger partial charge is 0.491 e. The topological polar surface area (TPSA) is 76.7 Å². The number of hydrogen-bond donors (Lipinski definition) is 2. The average Bonchev–Trinajstić information content (AvgIpc) is 2.62. The van der Waals surface area contributed by atoms with Crippen LogP contribution in [0, 0.1) is 0 Å². The Balaban J connectivity index is 1.90. The van der Waals surface area contributed by atoms with Gasteiger partial charge in [0.25, 0.3) is 0 Å². The SMILES string of the molecule is CC(=O)N[C@@H](Cc1ccccc1)O[B]O[C@H](Cc1ccccc1)NC(C)=O. The van der Waals surface area contributed by atoms with Gasteiger partial charge in [-0.05, 0) is 11.1 Å². The van der Waals surface area contributed by atoms with Crippen LogP contribution >= 0.6 is 0 Å². The molecule has 2 aromatic carbocycles. The van der Waals surface area contributed by atoms with Crippen molar-refractivity contribution in [3.05, 3.63) is 71.8 Å². The molecule has 6 nitrogen and oxygen atoms in total. The summed E-state index contributed by atoms with van der Waals surface area (Å²) < 4.78 is 11.2. The lowest BCUT2D eigenvalue weighted by Gasteiger charge is -2.22. The number of carbonyl (C=O) groups is 2. The van der Waals surface area contributed by atoms with Crippen molar-refractivity contribution in [2.24, 2.45) is 0 Å². The summed E-state index contributed by atoms with van der Waals surface area (Å²) in [5, 5.41) is 5.47. The maximum Gasteiger partial charge on any atom is 0.491 e. The van der Waals surface area contributed by atoms with Crippen LogP contribution in [-0.4, -0.2) is 32.0 Å². The molecule has 2 aromatic rings. The molecule has 0 bridgehead atoms. The van der Waals surface area contributed by atoms with Crippen LogP contribution in [0.1, 0.15) is 25.0 Å². The molecule has 0 aliphatic rings. The normalized spacial score (nSPS) is 12.7. The molecule has 2 N–H and O–H groups in total. The van der Waals surface area contributed by atoms with Crippen LogP contribution in [0.5, 0.6) is 0 Å². The van der Waals surface area contributed by atoms with Crippen molar-refractivity contribution >= 4 is 19.5 Å². The highest BCUT2D eigenvalue weighted by molar-refractivity contribution is 6.18. The zero-order valence-electron chi connectivity index (χ0n) is 15.6. The maximum absolute atomic E-state index is 11.4. The van der Waals surface area contributed by atoms with E-state index in [-0.39, 0.29) is 11.8 Å². The van der Waals surface area contributed by atoms with Gasteiger partial charge in [0.05, 0.1) is 0 Å². The van der Waals surface area contributed by atoms with Crippen LogP contribution in [0.3, 0.4) is 0 Å². The van der Waals surface area contributed by atoms with Gasteiger partial charge < -0.3 is 19.9 Å². The predicted molar refractivity (Wildman–Crippen MR) is 103 cm³/mol. The van der Waals surface area contributed by atoms with Gasteiger partial charge in [0.1, 0.15) is 12.5 Å². The van der Waals surface area contributed by atoms with Gasteiger partial charge in [-0.2, -0.15) is 0 Å². The lowest BCUT2D eigenvalue weighted by Crippen LogP contribution is -2.42. The summed E-state index contributed by atoms with van der Waals surface area (Å²) in [6, 6.07) is 19.4. The lowest BCUT2D eigenvalue weighted by atomic mass is 10.1. The van der Waals surface area contributed by atoms with Crippen LogP contribution in [0.4, 0.5) is 0 Å². The summed E-state index contributed by atoms with van der Waals surface area (Å²) in [4.78, 5) is 22.9. The third-order valence-corrected chi connectivity index (χ3v) is 3.70. The number of carbonyl (C=O) groups excluding carboxylic acids is 2. The molecule has 0 saturated carbocycles. The van der Waals surface area contributed by atoms with Gasteiger partial charge in [-0.25, -0.2) is 0 Å². The van der Waals surface area contributed by atoms with Crippen molar-refractivity contribution in [2.45, 2.75) is 39.1 Å². The molecule has 1 radical (unpaired) electrons. The van der Waals surface area contributed by atoms with Crippen LogP contribution in [-0.2, 0) is 31.7 Å². The highest BCUT2D eigenvalue weighted by Gasteiger charge is 2.17. The molecule has 0 spiro atoms. The van der Waals surface area contributed by atoms with E-state index in [1.54, 1.807) is 0 Å². The Bertz CT molecular complexity index is 651. The van der Waals surface area contributed by atoms with Gasteiger partial charge in [-0.1, -0.05) is 60.7 Å². The number of rotatable bonds is 10. The van der Waals surface area contributed by atoms with E-state index in [0.717, 1.165) is 11.1 Å². The van der Waals surface area contributed by atoms with E-state index in [2.05, 4.69) is 10.6 Å². The summed E-state index contributed by atoms with van der Waals surface area (Å²) >= 11 is 0. The molecular weight excluding hydrogens is 343 g/mol. The molecule has 141 valence electrons. The van der Waals surface area contributed by atoms with E-state index in [4.69, 9.17) is 9.31 Å². The van der Waals surface area contributed by atoms with Gasteiger partial charge in [0.15, 0.2) is 0 Å². The van der Waals surface area contributed by atoms with Gasteiger partial charge in [0, 0.05) is 26.7 Å². The van der Waals surface area contributed by atoms with Gasteiger partial charge in [-0.15, -0.1) is 0 Å². The molecule has 0 unspecified atom stereocenters. The first-order chi connectivity index (χ1) is 13.0. The number of hydrogen-bond acceptors (Lipinski definition) is 4. The standard InChI is InChI=1S/C20H24BN2O4/c1-15(24)22-19(13-17-9-5-3-6-10-17)26-21-27-20(23-16(2)25)14-18-11-7-4-8-12-18/h3-12,19-20H,13-14H2,1-2H3,(H,22,24)(H,23,25)/t19-,20-/m1/s1. The van der Waals surface area contributed by atoms with E-state index in [9.17, 15) is 9.59 Å². The summed E-state index contributed by atoms with van der Waals surface area (Å²) in [5.74, 6) is -0.404. The first kappa shape index (κ1) is 20.7. The summed E-state index contributed by atoms with van der Waals surface area (Å²) in [7, 11) is 1.17. The molecule has 7 heteroatoms. The molecule has 2 rings (SSSR count). The van der Waals surface area contributed by atoms with Crippen molar-refractivity contribution in [3.8, 4) is 0 Å². The molecule has 0 aromatic heterocycles. The second-order valence-corrected chi connectivity index (χ2v) is 6.13. The molecule has 0 heterocycles. The van der Waals surface area contributed by atoms with Crippen molar-refractivity contribution in [3.63, 3.8) is 0 Å². The second-order valence-electron chi connectivity index (χ2n) is 6.13. The van der Waals surface area contributed by atoms with E-state index in [0.29, 0.717) is 12.8 Å². The van der Waals surface area contributed by atoms with Crippen molar-refractivity contribution in [2.75, 3.05) is 0 Å². The Labute approximate surface area is 160 Å². The Morgan fingerprint density at radius 2 is 1.15 bits per heavy atom. The minimum atomic E-state index is -0.570. The minimum absolute atomic E-state index is 0.202. The highest BCUT2D eigenvalue weighted by Crippen LogP contribution is 2.07. The summed E-state index contributed by atoms with van der Waals surface area (Å²) in [5.41, 5.74) is 2.04. The molecule has 27 heavy (non-hydrogen) atoms. The smallest absolute Gasteiger partial charge is 0.392 e. The third kappa shape index (κ3) is 8.53. The number of amides is 2. The fourth-order valence-corrected chi connectivity index (χ4v) is 2.54. The molecular formula is C20H24BN2O4. The predicted octanol–water partition coefficient (Wildman–Crippen LogP) is 1.96. The van der Waals surface area contributed by atoms with Crippen molar-refractivity contribution in [1.29, 1.82) is 0 Å². The van der Waals surface area contributed by atoms with E-state index in [1.165, 1.54) is 21.5 Å². The van der Waals surface area contributed by atoms with E-state index < -0.39 is 12.5 Å². The minimum Gasteiger partial charge on any atom is -0.392 e. The molecule has 0 aliphatic heterocycles. The summed E-state index contributed by atoms with van der Waals surface area (Å²) in [6.45, 7) is 2.86. The Morgan fingerprint density at radius 1 is 0.778 bits per heavy atom. The van der Waals surface area contributed by atoms with Crippen molar-refractivity contribution < 1.29 is 18.9 Å². The number of nitrogens with one attached hydrogen (secondary N) is 2. The monoisotopic (exact) mass is 367 g/mol. The molecule has 2 atom stereocenters. The van der Waals surface area contributed by atoms with Crippen LogP contribution in [0.25, 0.3) is 0 Å². The first-order valence-electron chi connectivity index (χ1n) is 8.77. The van der Waals surface area contributed by atoms with E-state index in [1.807, 2.05) is 60.7 Å². The van der Waals surface area contributed by atoms with Gasteiger partial charge in [-0.3, -0.25) is 9.59 Å². The Kier molecular flexibility index (Phi) is 8.54. The van der Waals surface area contributed by atoms with Gasteiger partial charge in [0.2, 0.25) is 11.8 Å². The zero-order chi connectivity index (χ0) is 19.5.